The van der Waals surface area contributed by atoms with E-state index in [0.717, 1.165) is 13.0 Å². The van der Waals surface area contributed by atoms with Gasteiger partial charge in [0.2, 0.25) is 0 Å². The van der Waals surface area contributed by atoms with E-state index in [0.29, 0.717) is 5.41 Å². The minimum absolute atomic E-state index is 0.415. The van der Waals surface area contributed by atoms with Crippen LogP contribution in [0.25, 0.3) is 0 Å². The summed E-state index contributed by atoms with van der Waals surface area (Å²) in [5.74, 6) is 0. The van der Waals surface area contributed by atoms with Crippen LogP contribution in [0.3, 0.4) is 0 Å². The van der Waals surface area contributed by atoms with Gasteiger partial charge >= 0.3 is 0 Å². The van der Waals surface area contributed by atoms with Gasteiger partial charge in [-0.1, -0.05) is 27.2 Å². The van der Waals surface area contributed by atoms with Gasteiger partial charge in [-0.3, -0.25) is 0 Å². The molecular formula is C13H28O2. The molecule has 0 radical (unpaired) electrons. The van der Waals surface area contributed by atoms with Crippen molar-refractivity contribution < 1.29 is 9.84 Å². The van der Waals surface area contributed by atoms with E-state index in [-0.39, 0.29) is 0 Å². The highest BCUT2D eigenvalue weighted by Gasteiger charge is 2.24. The lowest BCUT2D eigenvalue weighted by atomic mass is 9.85. The SMILES string of the molecule is CCC(C)(C)CCCOC(C)(C)C(C)O. The van der Waals surface area contributed by atoms with Gasteiger partial charge in [0.1, 0.15) is 0 Å². The molecule has 0 aromatic heterocycles. The van der Waals surface area contributed by atoms with E-state index in [1.54, 1.807) is 6.92 Å². The Morgan fingerprint density at radius 2 is 1.73 bits per heavy atom. The van der Waals surface area contributed by atoms with E-state index in [1.807, 2.05) is 13.8 Å². The van der Waals surface area contributed by atoms with E-state index < -0.39 is 11.7 Å². The largest absolute Gasteiger partial charge is 0.390 e. The normalized spacial score (nSPS) is 15.4. The van der Waals surface area contributed by atoms with Crippen molar-refractivity contribution in [2.24, 2.45) is 5.41 Å². The molecule has 0 aromatic rings. The smallest absolute Gasteiger partial charge is 0.0881 e. The summed E-state index contributed by atoms with van der Waals surface area (Å²) in [6.07, 6.45) is 3.03. The van der Waals surface area contributed by atoms with Gasteiger partial charge in [-0.25, -0.2) is 0 Å². The topological polar surface area (TPSA) is 29.5 Å². The molecule has 1 unspecified atom stereocenters. The molecule has 2 heteroatoms. The first kappa shape index (κ1) is 14.9. The predicted octanol–water partition coefficient (Wildman–Crippen LogP) is 3.38. The van der Waals surface area contributed by atoms with Crippen molar-refractivity contribution in [3.63, 3.8) is 0 Å². The minimum Gasteiger partial charge on any atom is -0.390 e. The van der Waals surface area contributed by atoms with Crippen molar-refractivity contribution in [2.45, 2.75) is 72.5 Å². The van der Waals surface area contributed by atoms with Gasteiger partial charge in [0.25, 0.3) is 0 Å². The van der Waals surface area contributed by atoms with Gasteiger partial charge in [-0.05, 0) is 39.0 Å². The first-order valence-corrected chi connectivity index (χ1v) is 6.03. The first-order valence-electron chi connectivity index (χ1n) is 6.03. The van der Waals surface area contributed by atoms with Gasteiger partial charge in [0.05, 0.1) is 11.7 Å². The zero-order valence-electron chi connectivity index (χ0n) is 11.3. The Hall–Kier alpha value is -0.0800. The number of aliphatic hydroxyl groups excluding tert-OH is 1. The van der Waals surface area contributed by atoms with Crippen molar-refractivity contribution in [2.75, 3.05) is 6.61 Å². The molecule has 0 aliphatic carbocycles. The van der Waals surface area contributed by atoms with Crippen LogP contribution >= 0.6 is 0 Å². The molecular weight excluding hydrogens is 188 g/mol. The number of hydrogen-bond donors (Lipinski definition) is 1. The minimum atomic E-state index is -0.420. The summed E-state index contributed by atoms with van der Waals surface area (Å²) in [4.78, 5) is 0. The fourth-order valence-corrected chi connectivity index (χ4v) is 1.18. The van der Waals surface area contributed by atoms with Crippen LogP contribution in [-0.2, 0) is 4.74 Å². The molecule has 0 saturated carbocycles. The zero-order valence-corrected chi connectivity index (χ0v) is 11.3. The summed E-state index contributed by atoms with van der Waals surface area (Å²) in [6.45, 7) is 13.2. The number of ether oxygens (including phenoxy) is 1. The highest BCUT2D eigenvalue weighted by molar-refractivity contribution is 4.75. The average Bonchev–Trinajstić information content (AvgIpc) is 2.12. The third kappa shape index (κ3) is 6.16. The van der Waals surface area contributed by atoms with Gasteiger partial charge in [0, 0.05) is 6.61 Å². The predicted molar refractivity (Wildman–Crippen MR) is 65.0 cm³/mol. The Kier molecular flexibility index (Phi) is 5.82. The van der Waals surface area contributed by atoms with Gasteiger partial charge in [-0.2, -0.15) is 0 Å². The Morgan fingerprint density at radius 1 is 1.20 bits per heavy atom. The molecule has 1 atom stereocenters. The summed E-state index contributed by atoms with van der Waals surface area (Å²) in [5, 5.41) is 9.46. The Balaban J connectivity index is 3.72. The fourth-order valence-electron chi connectivity index (χ4n) is 1.18. The van der Waals surface area contributed by atoms with Crippen molar-refractivity contribution >= 4 is 0 Å². The lowest BCUT2D eigenvalue weighted by Crippen LogP contribution is -2.37. The maximum Gasteiger partial charge on any atom is 0.0881 e. The van der Waals surface area contributed by atoms with Crippen LogP contribution in [0, 0.1) is 5.41 Å². The first-order chi connectivity index (χ1) is 6.71. The van der Waals surface area contributed by atoms with Crippen LogP contribution in [0.5, 0.6) is 0 Å². The number of rotatable bonds is 7. The summed E-state index contributed by atoms with van der Waals surface area (Å²) >= 11 is 0. The van der Waals surface area contributed by atoms with Gasteiger partial charge in [-0.15, -0.1) is 0 Å². The van der Waals surface area contributed by atoms with Crippen LogP contribution in [0.2, 0.25) is 0 Å². The molecule has 0 rings (SSSR count). The maximum atomic E-state index is 9.46. The van der Waals surface area contributed by atoms with Crippen LogP contribution < -0.4 is 0 Å². The molecule has 0 heterocycles. The Labute approximate surface area is 95.0 Å². The lowest BCUT2D eigenvalue weighted by Gasteiger charge is -2.29. The van der Waals surface area contributed by atoms with Crippen molar-refractivity contribution in [3.8, 4) is 0 Å². The van der Waals surface area contributed by atoms with Gasteiger partial charge in [0.15, 0.2) is 0 Å². The fraction of sp³-hybridized carbons (Fsp3) is 1.00. The van der Waals surface area contributed by atoms with E-state index >= 15 is 0 Å². The average molecular weight is 216 g/mol. The molecule has 1 N–H and O–H groups in total. The molecule has 92 valence electrons. The van der Waals surface area contributed by atoms with E-state index in [1.165, 1.54) is 12.8 Å². The number of aliphatic hydroxyl groups is 1. The molecule has 2 nitrogen and oxygen atoms in total. The molecule has 0 aliphatic heterocycles. The molecule has 0 aliphatic rings. The van der Waals surface area contributed by atoms with Crippen LogP contribution in [0.15, 0.2) is 0 Å². The van der Waals surface area contributed by atoms with Crippen molar-refractivity contribution in [3.05, 3.63) is 0 Å². The second-order valence-corrected chi connectivity index (χ2v) is 5.75. The second kappa shape index (κ2) is 5.86. The van der Waals surface area contributed by atoms with E-state index in [2.05, 4.69) is 20.8 Å². The molecule has 0 saturated heterocycles. The summed E-state index contributed by atoms with van der Waals surface area (Å²) in [7, 11) is 0. The molecule has 0 fully saturated rings. The summed E-state index contributed by atoms with van der Waals surface area (Å²) < 4.78 is 5.68. The molecule has 0 bridgehead atoms. The maximum absolute atomic E-state index is 9.46. The summed E-state index contributed by atoms with van der Waals surface area (Å²) in [6, 6.07) is 0. The quantitative estimate of drug-likeness (QED) is 0.661. The third-order valence-corrected chi connectivity index (χ3v) is 3.44. The third-order valence-electron chi connectivity index (χ3n) is 3.44. The monoisotopic (exact) mass is 216 g/mol. The Morgan fingerprint density at radius 3 is 2.13 bits per heavy atom. The number of hydrogen-bond acceptors (Lipinski definition) is 2. The van der Waals surface area contributed by atoms with Crippen LogP contribution in [0.1, 0.15) is 60.8 Å². The molecule has 15 heavy (non-hydrogen) atoms. The Bertz CT molecular complexity index is 171. The lowest BCUT2D eigenvalue weighted by molar-refractivity contribution is -0.0951. The standard InChI is InChI=1S/C13H28O2/c1-7-12(3,4)9-8-10-15-13(5,6)11(2)14/h11,14H,7-10H2,1-6H3. The van der Waals surface area contributed by atoms with Crippen molar-refractivity contribution in [1.82, 2.24) is 0 Å². The summed E-state index contributed by atoms with van der Waals surface area (Å²) in [5.41, 5.74) is -0.00527. The molecule has 0 aromatic carbocycles. The molecule has 0 amide bonds. The van der Waals surface area contributed by atoms with Crippen LogP contribution in [-0.4, -0.2) is 23.4 Å². The zero-order chi connectivity index (χ0) is 12.1. The van der Waals surface area contributed by atoms with E-state index in [9.17, 15) is 5.11 Å². The van der Waals surface area contributed by atoms with Crippen LogP contribution in [0.4, 0.5) is 0 Å². The molecule has 0 spiro atoms. The highest BCUT2D eigenvalue weighted by Crippen LogP contribution is 2.26. The van der Waals surface area contributed by atoms with Crippen molar-refractivity contribution in [1.29, 1.82) is 0 Å². The highest BCUT2D eigenvalue weighted by atomic mass is 16.5. The second-order valence-electron chi connectivity index (χ2n) is 5.75. The van der Waals surface area contributed by atoms with Gasteiger partial charge < -0.3 is 9.84 Å². The van der Waals surface area contributed by atoms with E-state index in [4.69, 9.17) is 4.74 Å².